The number of aryl methyl sites for hydroxylation is 1. The molecular weight excluding hydrogens is 372 g/mol. The van der Waals surface area contributed by atoms with Crippen LogP contribution in [-0.2, 0) is 37.2 Å². The SMILES string of the molecule is Cn1cc(S(=O)(=O)NCc2cccc(Cn3cncn3)c2)c(=O)n(C)c1=O. The second kappa shape index (κ2) is 7.29. The van der Waals surface area contributed by atoms with Crippen molar-refractivity contribution in [1.29, 1.82) is 0 Å². The number of hydrogen-bond donors (Lipinski definition) is 1. The number of nitrogens with one attached hydrogen (secondary N) is 1. The zero-order valence-electron chi connectivity index (χ0n) is 14.7. The zero-order valence-corrected chi connectivity index (χ0v) is 15.5. The summed E-state index contributed by atoms with van der Waals surface area (Å²) in [6.07, 6.45) is 4.05. The molecule has 0 unspecified atom stereocenters. The third-order valence-electron chi connectivity index (χ3n) is 3.97. The van der Waals surface area contributed by atoms with Gasteiger partial charge in [0.2, 0.25) is 10.0 Å². The molecule has 0 aliphatic heterocycles. The fourth-order valence-corrected chi connectivity index (χ4v) is 3.73. The van der Waals surface area contributed by atoms with E-state index in [9.17, 15) is 18.0 Å². The molecule has 3 aromatic rings. The van der Waals surface area contributed by atoms with Gasteiger partial charge in [-0.05, 0) is 11.1 Å². The van der Waals surface area contributed by atoms with Crippen molar-refractivity contribution in [3.05, 3.63) is 75.1 Å². The minimum Gasteiger partial charge on any atom is -0.302 e. The van der Waals surface area contributed by atoms with E-state index >= 15 is 0 Å². The smallest absolute Gasteiger partial charge is 0.302 e. The summed E-state index contributed by atoms with van der Waals surface area (Å²) in [5.41, 5.74) is 0.179. The van der Waals surface area contributed by atoms with Gasteiger partial charge in [-0.15, -0.1) is 0 Å². The number of sulfonamides is 1. The number of rotatable bonds is 6. The molecule has 0 aliphatic carbocycles. The van der Waals surface area contributed by atoms with Gasteiger partial charge in [-0.25, -0.2) is 27.6 Å². The fraction of sp³-hybridized carbons (Fsp3) is 0.250. The van der Waals surface area contributed by atoms with Crippen molar-refractivity contribution in [2.45, 2.75) is 18.0 Å². The van der Waals surface area contributed by atoms with E-state index in [2.05, 4.69) is 14.8 Å². The van der Waals surface area contributed by atoms with Crippen molar-refractivity contribution in [2.75, 3.05) is 0 Å². The summed E-state index contributed by atoms with van der Waals surface area (Å²) in [5.74, 6) is 0. The average Bonchev–Trinajstić information content (AvgIpc) is 3.14. The minimum absolute atomic E-state index is 0.000471. The lowest BCUT2D eigenvalue weighted by atomic mass is 10.1. The van der Waals surface area contributed by atoms with Crippen LogP contribution >= 0.6 is 0 Å². The molecule has 10 nitrogen and oxygen atoms in total. The molecule has 3 rings (SSSR count). The zero-order chi connectivity index (χ0) is 19.6. The number of nitrogens with zero attached hydrogens (tertiary/aromatic N) is 5. The number of hydrogen-bond acceptors (Lipinski definition) is 6. The molecule has 2 heterocycles. The summed E-state index contributed by atoms with van der Waals surface area (Å²) in [6.45, 7) is 0.501. The van der Waals surface area contributed by atoms with Crippen molar-refractivity contribution in [3.8, 4) is 0 Å². The third-order valence-corrected chi connectivity index (χ3v) is 5.36. The van der Waals surface area contributed by atoms with Gasteiger partial charge < -0.3 is 4.57 Å². The first-order valence-electron chi connectivity index (χ1n) is 7.94. The molecule has 0 aliphatic rings. The second-order valence-corrected chi connectivity index (χ2v) is 7.72. The van der Waals surface area contributed by atoms with Gasteiger partial charge in [0.05, 0.1) is 6.54 Å². The Hall–Kier alpha value is -3.05. The molecule has 11 heteroatoms. The monoisotopic (exact) mass is 390 g/mol. The summed E-state index contributed by atoms with van der Waals surface area (Å²) < 4.78 is 30.9. The van der Waals surface area contributed by atoms with E-state index in [4.69, 9.17) is 0 Å². The molecule has 1 aromatic carbocycles. The summed E-state index contributed by atoms with van der Waals surface area (Å²) in [6, 6.07) is 7.30. The van der Waals surface area contributed by atoms with Crippen LogP contribution in [0.5, 0.6) is 0 Å². The molecule has 0 spiro atoms. The summed E-state index contributed by atoms with van der Waals surface area (Å²) in [7, 11) is -1.47. The van der Waals surface area contributed by atoms with Crippen LogP contribution in [0.4, 0.5) is 0 Å². The lowest BCUT2D eigenvalue weighted by Gasteiger charge is -2.10. The topological polar surface area (TPSA) is 121 Å². The van der Waals surface area contributed by atoms with Gasteiger partial charge >= 0.3 is 5.69 Å². The van der Waals surface area contributed by atoms with Crippen molar-refractivity contribution >= 4 is 10.0 Å². The fourth-order valence-electron chi connectivity index (χ4n) is 2.55. The highest BCUT2D eigenvalue weighted by molar-refractivity contribution is 7.89. The van der Waals surface area contributed by atoms with E-state index in [1.54, 1.807) is 23.1 Å². The van der Waals surface area contributed by atoms with Crippen molar-refractivity contribution in [1.82, 2.24) is 28.6 Å². The Bertz CT molecular complexity index is 1180. The molecule has 0 saturated carbocycles. The standard InChI is InChI=1S/C16H18N6O4S/c1-20-9-14(15(23)21(2)16(20)24)27(25,26)19-7-12-4-3-5-13(6-12)8-22-11-17-10-18-22/h3-6,9-11,19H,7-8H2,1-2H3. The molecule has 0 radical (unpaired) electrons. The van der Waals surface area contributed by atoms with Crippen LogP contribution < -0.4 is 16.0 Å². The van der Waals surface area contributed by atoms with Crippen LogP contribution in [-0.4, -0.2) is 32.3 Å². The van der Waals surface area contributed by atoms with Gasteiger partial charge in [-0.2, -0.15) is 5.10 Å². The Kier molecular flexibility index (Phi) is 5.06. The molecule has 0 fully saturated rings. The third kappa shape index (κ3) is 4.04. The van der Waals surface area contributed by atoms with E-state index in [1.165, 1.54) is 20.4 Å². The van der Waals surface area contributed by atoms with Gasteiger partial charge in [0, 0.05) is 26.8 Å². The van der Waals surface area contributed by atoms with Crippen LogP contribution in [0.2, 0.25) is 0 Å². The molecule has 0 amide bonds. The Morgan fingerprint density at radius 3 is 2.59 bits per heavy atom. The van der Waals surface area contributed by atoms with Crippen molar-refractivity contribution in [2.24, 2.45) is 14.1 Å². The highest BCUT2D eigenvalue weighted by Gasteiger charge is 2.21. The molecule has 0 bridgehead atoms. The Morgan fingerprint density at radius 2 is 1.89 bits per heavy atom. The van der Waals surface area contributed by atoms with Crippen molar-refractivity contribution in [3.63, 3.8) is 0 Å². The highest BCUT2D eigenvalue weighted by Crippen LogP contribution is 2.08. The molecule has 0 saturated heterocycles. The van der Waals surface area contributed by atoms with E-state index < -0.39 is 26.2 Å². The van der Waals surface area contributed by atoms with Crippen LogP contribution in [0.1, 0.15) is 11.1 Å². The van der Waals surface area contributed by atoms with Crippen LogP contribution in [0.15, 0.2) is 57.6 Å². The predicted molar refractivity (Wildman–Crippen MR) is 96.5 cm³/mol. The van der Waals surface area contributed by atoms with Crippen LogP contribution in [0.3, 0.4) is 0 Å². The number of aromatic nitrogens is 5. The summed E-state index contributed by atoms with van der Waals surface area (Å²) >= 11 is 0. The van der Waals surface area contributed by atoms with E-state index in [0.29, 0.717) is 6.54 Å². The molecule has 2 aromatic heterocycles. The van der Waals surface area contributed by atoms with Gasteiger partial charge in [0.1, 0.15) is 12.7 Å². The first-order valence-corrected chi connectivity index (χ1v) is 9.43. The van der Waals surface area contributed by atoms with E-state index in [-0.39, 0.29) is 6.54 Å². The second-order valence-electron chi connectivity index (χ2n) is 5.99. The van der Waals surface area contributed by atoms with Crippen LogP contribution in [0, 0.1) is 0 Å². The maximum atomic E-state index is 12.5. The maximum Gasteiger partial charge on any atom is 0.330 e. The van der Waals surface area contributed by atoms with Gasteiger partial charge in [0.15, 0.2) is 4.90 Å². The largest absolute Gasteiger partial charge is 0.330 e. The molecular formula is C16H18N6O4S. The molecule has 142 valence electrons. The van der Waals surface area contributed by atoms with Crippen LogP contribution in [0.25, 0.3) is 0 Å². The first kappa shape index (κ1) is 18.7. The van der Waals surface area contributed by atoms with E-state index in [1.807, 2.05) is 12.1 Å². The maximum absolute atomic E-state index is 12.5. The first-order chi connectivity index (χ1) is 12.8. The molecule has 1 N–H and O–H groups in total. The predicted octanol–water partition coefficient (Wildman–Crippen LogP) is -0.798. The van der Waals surface area contributed by atoms with Gasteiger partial charge in [0.25, 0.3) is 5.56 Å². The van der Waals surface area contributed by atoms with E-state index in [0.717, 1.165) is 26.5 Å². The normalized spacial score (nSPS) is 11.6. The Morgan fingerprint density at radius 1 is 1.15 bits per heavy atom. The van der Waals surface area contributed by atoms with Gasteiger partial charge in [-0.1, -0.05) is 24.3 Å². The lowest BCUT2D eigenvalue weighted by molar-refractivity contribution is 0.570. The Balaban J connectivity index is 1.80. The van der Waals surface area contributed by atoms with Gasteiger partial charge in [-0.3, -0.25) is 9.36 Å². The minimum atomic E-state index is -4.08. The average molecular weight is 390 g/mol. The number of benzene rings is 1. The summed E-state index contributed by atoms with van der Waals surface area (Å²) in [4.78, 5) is 27.3. The Labute approximate surface area is 154 Å². The molecule has 27 heavy (non-hydrogen) atoms. The van der Waals surface area contributed by atoms with Crippen molar-refractivity contribution < 1.29 is 8.42 Å². The molecule has 0 atom stereocenters. The highest BCUT2D eigenvalue weighted by atomic mass is 32.2. The quantitative estimate of drug-likeness (QED) is 0.588. The summed E-state index contributed by atoms with van der Waals surface area (Å²) in [5, 5.41) is 4.03. The lowest BCUT2D eigenvalue weighted by Crippen LogP contribution is -2.41.